The Labute approximate surface area is 125 Å². The zero-order chi connectivity index (χ0) is 14.2. The van der Waals surface area contributed by atoms with Crippen LogP contribution in [0, 0.1) is 0 Å². The summed E-state index contributed by atoms with van der Waals surface area (Å²) in [6.45, 7) is 0. The molecule has 3 nitrogen and oxygen atoms in total. The summed E-state index contributed by atoms with van der Waals surface area (Å²) in [6.07, 6.45) is 1.60. The van der Waals surface area contributed by atoms with Gasteiger partial charge in [0, 0.05) is 16.7 Å². The number of benzene rings is 2. The number of nitrogens with zero attached hydrogens (tertiary/aromatic N) is 1. The minimum Gasteiger partial charge on any atom is -0.453 e. The second-order valence-corrected chi connectivity index (χ2v) is 6.03. The summed E-state index contributed by atoms with van der Waals surface area (Å²) in [5.41, 5.74) is 3.06. The van der Waals surface area contributed by atoms with Crippen molar-refractivity contribution in [2.45, 2.75) is 11.3 Å². The van der Waals surface area contributed by atoms with Crippen LogP contribution in [0.3, 0.4) is 0 Å². The molecule has 0 radical (unpaired) electrons. The van der Waals surface area contributed by atoms with Gasteiger partial charge < -0.3 is 4.42 Å². The topological polar surface area (TPSA) is 42.6 Å². The number of aldehydes is 1. The number of hydrogen-bond acceptors (Lipinski definition) is 4. The molecule has 0 N–H and O–H groups in total. The molecule has 3 aromatic rings. The second-order valence-electron chi connectivity index (χ2n) is 4.88. The van der Waals surface area contributed by atoms with Crippen molar-refractivity contribution in [1.29, 1.82) is 0 Å². The van der Waals surface area contributed by atoms with Gasteiger partial charge in [0.15, 0.2) is 12.0 Å². The van der Waals surface area contributed by atoms with Crippen LogP contribution in [-0.4, -0.2) is 11.3 Å². The van der Waals surface area contributed by atoms with E-state index in [-0.39, 0.29) is 0 Å². The van der Waals surface area contributed by atoms with Gasteiger partial charge in [-0.05, 0) is 35.9 Å². The average Bonchev–Trinajstić information content (AvgIpc) is 3.09. The molecule has 0 amide bonds. The molecule has 0 atom stereocenters. The van der Waals surface area contributed by atoms with Crippen LogP contribution in [0.25, 0.3) is 11.0 Å². The molecule has 4 rings (SSSR count). The number of thioether (sulfide) groups is 1. The van der Waals surface area contributed by atoms with Crippen LogP contribution in [0.1, 0.15) is 16.1 Å². The van der Waals surface area contributed by atoms with Crippen LogP contribution in [0.4, 0.5) is 5.69 Å². The van der Waals surface area contributed by atoms with Crippen molar-refractivity contribution in [1.82, 2.24) is 0 Å². The summed E-state index contributed by atoms with van der Waals surface area (Å²) in [5.74, 6) is 0.359. The first-order chi connectivity index (χ1) is 10.3. The predicted octanol–water partition coefficient (Wildman–Crippen LogP) is 4.62. The quantitative estimate of drug-likeness (QED) is 0.647. The van der Waals surface area contributed by atoms with Gasteiger partial charge in [-0.2, -0.15) is 0 Å². The lowest BCUT2D eigenvalue weighted by atomic mass is 10.2. The van der Waals surface area contributed by atoms with E-state index < -0.39 is 0 Å². The van der Waals surface area contributed by atoms with Crippen molar-refractivity contribution in [3.8, 4) is 0 Å². The molecule has 0 saturated heterocycles. The Morgan fingerprint density at radius 1 is 1.14 bits per heavy atom. The van der Waals surface area contributed by atoms with Crippen LogP contribution in [0.2, 0.25) is 0 Å². The molecule has 1 aromatic heterocycles. The third-order valence-electron chi connectivity index (χ3n) is 3.44. The van der Waals surface area contributed by atoms with E-state index in [2.05, 4.69) is 11.1 Å². The molecular weight excluding hydrogens is 282 g/mol. The Balaban J connectivity index is 1.62. The summed E-state index contributed by atoms with van der Waals surface area (Å²) < 4.78 is 5.46. The minimum absolute atomic E-state index is 0.359. The Morgan fingerprint density at radius 2 is 2.05 bits per heavy atom. The van der Waals surface area contributed by atoms with Crippen molar-refractivity contribution >= 4 is 39.7 Å². The van der Waals surface area contributed by atoms with Gasteiger partial charge in [-0.15, -0.1) is 0 Å². The second kappa shape index (κ2) is 4.90. The highest BCUT2D eigenvalue weighted by Gasteiger charge is 2.15. The molecule has 2 aromatic carbocycles. The van der Waals surface area contributed by atoms with Crippen LogP contribution < -0.4 is 0 Å². The molecule has 1 aliphatic heterocycles. The number of rotatable bonds is 2. The molecule has 4 heteroatoms. The van der Waals surface area contributed by atoms with Crippen molar-refractivity contribution in [3.05, 3.63) is 59.9 Å². The minimum atomic E-state index is 0.359. The maximum atomic E-state index is 10.7. The first kappa shape index (κ1) is 12.4. The van der Waals surface area contributed by atoms with E-state index in [1.807, 2.05) is 36.4 Å². The summed E-state index contributed by atoms with van der Waals surface area (Å²) >= 11 is 1.64. The van der Waals surface area contributed by atoms with E-state index >= 15 is 0 Å². The van der Waals surface area contributed by atoms with Gasteiger partial charge in [0.2, 0.25) is 0 Å². The van der Waals surface area contributed by atoms with Gasteiger partial charge in [0.25, 0.3) is 0 Å². The first-order valence-electron chi connectivity index (χ1n) is 6.64. The molecule has 0 saturated carbocycles. The van der Waals surface area contributed by atoms with E-state index in [1.165, 1.54) is 5.56 Å². The molecule has 0 fully saturated rings. The molecule has 0 spiro atoms. The van der Waals surface area contributed by atoms with E-state index in [4.69, 9.17) is 4.42 Å². The van der Waals surface area contributed by atoms with E-state index in [1.54, 1.807) is 17.8 Å². The van der Waals surface area contributed by atoms with E-state index in [0.29, 0.717) is 5.76 Å². The van der Waals surface area contributed by atoms with Crippen LogP contribution >= 0.6 is 11.8 Å². The number of furan rings is 1. The highest BCUT2D eigenvalue weighted by atomic mass is 32.2. The third-order valence-corrected chi connectivity index (χ3v) is 4.40. The first-order valence-corrected chi connectivity index (χ1v) is 7.45. The maximum absolute atomic E-state index is 10.7. The van der Waals surface area contributed by atoms with Crippen molar-refractivity contribution in [2.75, 3.05) is 0 Å². The average molecular weight is 293 g/mol. The molecular formula is C17H11NO2S. The number of aliphatic imine (C=N–C) groups is 1. The van der Waals surface area contributed by atoms with Gasteiger partial charge in [-0.1, -0.05) is 30.0 Å². The zero-order valence-electron chi connectivity index (χ0n) is 11.1. The Morgan fingerprint density at radius 3 is 2.90 bits per heavy atom. The predicted molar refractivity (Wildman–Crippen MR) is 84.7 cm³/mol. The fourth-order valence-corrected chi connectivity index (χ4v) is 3.40. The Hall–Kier alpha value is -2.33. The van der Waals surface area contributed by atoms with Crippen molar-refractivity contribution in [2.24, 2.45) is 4.99 Å². The fraction of sp³-hybridized carbons (Fsp3) is 0.0588. The van der Waals surface area contributed by atoms with Crippen LogP contribution in [0.5, 0.6) is 0 Å². The lowest BCUT2D eigenvalue weighted by Crippen LogP contribution is -1.90. The normalized spacial score (nSPS) is 13.2. The SMILES string of the molecule is O=Cc1cc2ccc(SC3=Nc4ccccc4C3)cc2o1. The smallest absolute Gasteiger partial charge is 0.185 e. The number of para-hydroxylation sites is 1. The molecule has 102 valence electrons. The molecule has 0 bridgehead atoms. The molecule has 2 heterocycles. The Bertz CT molecular complexity index is 879. The zero-order valence-corrected chi connectivity index (χ0v) is 11.9. The monoisotopic (exact) mass is 293 g/mol. The maximum Gasteiger partial charge on any atom is 0.185 e. The van der Waals surface area contributed by atoms with Gasteiger partial charge in [-0.25, -0.2) is 4.99 Å². The van der Waals surface area contributed by atoms with Crippen molar-refractivity contribution < 1.29 is 9.21 Å². The lowest BCUT2D eigenvalue weighted by molar-refractivity contribution is 0.110. The number of hydrogen-bond donors (Lipinski definition) is 0. The third kappa shape index (κ3) is 2.28. The van der Waals surface area contributed by atoms with Gasteiger partial charge in [0.1, 0.15) is 5.58 Å². The highest BCUT2D eigenvalue weighted by molar-refractivity contribution is 8.14. The summed E-state index contributed by atoms with van der Waals surface area (Å²) in [7, 11) is 0. The van der Waals surface area contributed by atoms with Crippen LogP contribution in [-0.2, 0) is 6.42 Å². The van der Waals surface area contributed by atoms with Crippen molar-refractivity contribution in [3.63, 3.8) is 0 Å². The molecule has 1 aliphatic rings. The molecule has 0 unspecified atom stereocenters. The summed E-state index contributed by atoms with van der Waals surface area (Å²) in [5, 5.41) is 2.02. The van der Waals surface area contributed by atoms with E-state index in [0.717, 1.165) is 39.3 Å². The largest absolute Gasteiger partial charge is 0.453 e. The van der Waals surface area contributed by atoms with Gasteiger partial charge >= 0.3 is 0 Å². The summed E-state index contributed by atoms with van der Waals surface area (Å²) in [6, 6.07) is 15.9. The number of fused-ring (bicyclic) bond motifs is 2. The van der Waals surface area contributed by atoms with E-state index in [9.17, 15) is 4.79 Å². The summed E-state index contributed by atoms with van der Waals surface area (Å²) in [4.78, 5) is 16.5. The highest BCUT2D eigenvalue weighted by Crippen LogP contribution is 2.34. The Kier molecular flexibility index (Phi) is 2.89. The van der Waals surface area contributed by atoms with Crippen LogP contribution in [0.15, 0.2) is 62.8 Å². The molecule has 21 heavy (non-hydrogen) atoms. The van der Waals surface area contributed by atoms with Gasteiger partial charge in [0.05, 0.1) is 10.7 Å². The fourth-order valence-electron chi connectivity index (χ4n) is 2.45. The molecule has 0 aliphatic carbocycles. The number of carbonyl (C=O) groups excluding carboxylic acids is 1. The van der Waals surface area contributed by atoms with Gasteiger partial charge in [-0.3, -0.25) is 4.79 Å². The standard InChI is InChI=1S/C17H11NO2S/c19-10-13-7-12-5-6-14(9-16(12)20-13)21-17-8-11-3-1-2-4-15(11)18-17/h1-7,9-10H,8H2. The lowest BCUT2D eigenvalue weighted by Gasteiger charge is -2.00. The number of carbonyl (C=O) groups is 1.